The van der Waals surface area contributed by atoms with E-state index in [9.17, 15) is 5.26 Å². The van der Waals surface area contributed by atoms with Crippen molar-refractivity contribution in [3.8, 4) is 22.9 Å². The van der Waals surface area contributed by atoms with E-state index in [4.69, 9.17) is 8.83 Å². The van der Waals surface area contributed by atoms with Crippen LogP contribution in [0.4, 0.5) is 34.1 Å². The molecule has 0 bridgehead atoms. The minimum atomic E-state index is -0.246. The summed E-state index contributed by atoms with van der Waals surface area (Å²) in [6.45, 7) is -0.246. The highest BCUT2D eigenvalue weighted by atomic mass is 16.3. The van der Waals surface area contributed by atoms with Crippen molar-refractivity contribution in [2.75, 3.05) is 9.80 Å². The number of nitriles is 1. The highest BCUT2D eigenvalue weighted by molar-refractivity contribution is 7.00. The summed E-state index contributed by atoms with van der Waals surface area (Å²) in [5.74, 6) is 0. The zero-order valence-corrected chi connectivity index (χ0v) is 30.8. The predicted molar refractivity (Wildman–Crippen MR) is 236 cm³/mol. The maximum Gasteiger partial charge on any atom is 0.297 e. The third-order valence-electron chi connectivity index (χ3n) is 12.7. The summed E-state index contributed by atoms with van der Waals surface area (Å²) in [4.78, 5) is 4.75. The van der Waals surface area contributed by atoms with Crippen LogP contribution in [0.5, 0.6) is 0 Å². The number of para-hydroxylation sites is 4. The van der Waals surface area contributed by atoms with Crippen LogP contribution in [-0.4, -0.2) is 11.3 Å². The molecule has 6 nitrogen and oxygen atoms in total. The molecule has 0 unspecified atom stereocenters. The van der Waals surface area contributed by atoms with Gasteiger partial charge in [0.05, 0.1) is 51.1 Å². The molecule has 266 valence electrons. The van der Waals surface area contributed by atoms with Crippen molar-refractivity contribution in [3.05, 3.63) is 169 Å². The standard InChI is InChI=1S/C51H27BN4O2/c53-28-29-24-42-47-43(25-29)56-40-17-8-14-35-33-12-4-6-16-39(33)55(48(35)40)41-18-9-15-38(50(41)56)52(47)51-49(37-26-31(20-22-46(37)58-51)30-10-2-1-3-11-30)54(42)32-21-23-45-36(27-32)34-13-5-7-19-44(34)57-45/h1-27H. The molecule has 0 N–H and O–H groups in total. The first-order valence-corrected chi connectivity index (χ1v) is 19.6. The normalized spacial score (nSPS) is 13.4. The van der Waals surface area contributed by atoms with Crippen molar-refractivity contribution in [2.24, 2.45) is 0 Å². The molecule has 3 aliphatic rings. The molecule has 14 rings (SSSR count). The van der Waals surface area contributed by atoms with Crippen LogP contribution < -0.4 is 26.4 Å². The molecule has 3 aliphatic heterocycles. The molecule has 7 heteroatoms. The quantitative estimate of drug-likeness (QED) is 0.165. The highest BCUT2D eigenvalue weighted by Gasteiger charge is 2.49. The minimum absolute atomic E-state index is 0.246. The smallest absolute Gasteiger partial charge is 0.297 e. The lowest BCUT2D eigenvalue weighted by atomic mass is 9.35. The molecule has 11 aromatic rings. The van der Waals surface area contributed by atoms with Gasteiger partial charge in [-0.3, -0.25) is 0 Å². The molecule has 0 radical (unpaired) electrons. The van der Waals surface area contributed by atoms with Gasteiger partial charge in [0.2, 0.25) is 0 Å². The second-order valence-electron chi connectivity index (χ2n) is 15.6. The van der Waals surface area contributed by atoms with Crippen molar-refractivity contribution in [1.82, 2.24) is 4.57 Å². The van der Waals surface area contributed by atoms with Gasteiger partial charge in [0.25, 0.3) is 6.71 Å². The Hall–Kier alpha value is -7.95. The van der Waals surface area contributed by atoms with Crippen LogP contribution >= 0.6 is 0 Å². The summed E-state index contributed by atoms with van der Waals surface area (Å²) in [6, 6.07) is 60.4. The third kappa shape index (κ3) is 3.68. The van der Waals surface area contributed by atoms with Crippen molar-refractivity contribution >= 4 is 112 Å². The number of nitrogens with zero attached hydrogens (tertiary/aromatic N) is 4. The van der Waals surface area contributed by atoms with Crippen molar-refractivity contribution in [1.29, 1.82) is 5.26 Å². The molecule has 0 saturated heterocycles. The average molecular weight is 739 g/mol. The largest absolute Gasteiger partial charge is 0.468 e. The Bertz CT molecular complexity index is 3680. The Morgan fingerprint density at radius 3 is 2.10 bits per heavy atom. The molecule has 0 amide bonds. The zero-order valence-electron chi connectivity index (χ0n) is 30.8. The summed E-state index contributed by atoms with van der Waals surface area (Å²) in [7, 11) is 0. The molecule has 0 saturated carbocycles. The van der Waals surface area contributed by atoms with E-state index in [1.807, 2.05) is 18.2 Å². The van der Waals surface area contributed by atoms with E-state index in [0.29, 0.717) is 5.56 Å². The number of aromatic nitrogens is 1. The summed E-state index contributed by atoms with van der Waals surface area (Å²) < 4.78 is 16.0. The van der Waals surface area contributed by atoms with Gasteiger partial charge in [0.15, 0.2) is 0 Å². The van der Waals surface area contributed by atoms with E-state index >= 15 is 0 Å². The summed E-state index contributed by atoms with van der Waals surface area (Å²) >= 11 is 0. The van der Waals surface area contributed by atoms with Crippen LogP contribution in [0, 0.1) is 11.3 Å². The van der Waals surface area contributed by atoms with Crippen LogP contribution in [0.25, 0.3) is 71.5 Å². The number of furan rings is 2. The molecule has 0 spiro atoms. The Kier molecular flexibility index (Phi) is 5.57. The van der Waals surface area contributed by atoms with Crippen molar-refractivity contribution in [3.63, 3.8) is 0 Å². The maximum absolute atomic E-state index is 10.8. The maximum atomic E-state index is 10.8. The first-order chi connectivity index (χ1) is 28.7. The number of rotatable bonds is 2. The first kappa shape index (κ1) is 30.3. The third-order valence-corrected chi connectivity index (χ3v) is 12.7. The van der Waals surface area contributed by atoms with Gasteiger partial charge in [-0.25, -0.2) is 0 Å². The second-order valence-corrected chi connectivity index (χ2v) is 15.6. The molecule has 6 heterocycles. The van der Waals surface area contributed by atoms with Gasteiger partial charge in [0.1, 0.15) is 16.7 Å². The Morgan fingerprint density at radius 2 is 1.21 bits per heavy atom. The summed E-state index contributed by atoms with van der Waals surface area (Å²) in [6.07, 6.45) is 0. The lowest BCUT2D eigenvalue weighted by Gasteiger charge is -2.44. The molecule has 8 aromatic carbocycles. The lowest BCUT2D eigenvalue weighted by molar-refractivity contribution is 0.651. The van der Waals surface area contributed by atoms with E-state index < -0.39 is 0 Å². The van der Waals surface area contributed by atoms with Gasteiger partial charge in [-0.2, -0.15) is 5.26 Å². The van der Waals surface area contributed by atoms with Crippen LogP contribution in [0.3, 0.4) is 0 Å². The molecule has 3 aromatic heterocycles. The number of hydrogen-bond donors (Lipinski definition) is 0. The molecular formula is C51H27BN4O2. The van der Waals surface area contributed by atoms with Crippen molar-refractivity contribution in [2.45, 2.75) is 0 Å². The zero-order chi connectivity index (χ0) is 37.8. The van der Waals surface area contributed by atoms with E-state index in [-0.39, 0.29) is 6.71 Å². The van der Waals surface area contributed by atoms with E-state index in [2.05, 4.69) is 166 Å². The highest BCUT2D eigenvalue weighted by Crippen LogP contribution is 2.53. The van der Waals surface area contributed by atoms with Crippen LogP contribution in [0.1, 0.15) is 5.56 Å². The van der Waals surface area contributed by atoms with Crippen molar-refractivity contribution < 1.29 is 8.83 Å². The lowest BCUT2D eigenvalue weighted by Crippen LogP contribution is -2.61. The van der Waals surface area contributed by atoms with E-state index in [1.54, 1.807) is 0 Å². The summed E-state index contributed by atoms with van der Waals surface area (Å²) in [5.41, 5.74) is 18.0. The number of hydrogen-bond acceptors (Lipinski definition) is 5. The monoisotopic (exact) mass is 738 g/mol. The Balaban J connectivity index is 1.13. The van der Waals surface area contributed by atoms with Gasteiger partial charge in [0, 0.05) is 44.0 Å². The Morgan fingerprint density at radius 1 is 0.483 bits per heavy atom. The average Bonchev–Trinajstić information content (AvgIpc) is 3.96. The van der Waals surface area contributed by atoms with E-state index in [1.165, 1.54) is 16.3 Å². The predicted octanol–water partition coefficient (Wildman–Crippen LogP) is 11.4. The van der Waals surface area contributed by atoms with Gasteiger partial charge in [-0.1, -0.05) is 97.1 Å². The second kappa shape index (κ2) is 10.7. The molecule has 0 aliphatic carbocycles. The molecule has 0 atom stereocenters. The van der Waals surface area contributed by atoms with Gasteiger partial charge < -0.3 is 23.2 Å². The van der Waals surface area contributed by atoms with Crippen LogP contribution in [0.15, 0.2) is 173 Å². The van der Waals surface area contributed by atoms with E-state index in [0.717, 1.165) is 106 Å². The van der Waals surface area contributed by atoms with Gasteiger partial charge in [-0.05, 0) is 88.8 Å². The fourth-order valence-electron chi connectivity index (χ4n) is 10.4. The van der Waals surface area contributed by atoms with Crippen LogP contribution in [0.2, 0.25) is 0 Å². The fraction of sp³-hybridized carbons (Fsp3) is 0. The fourth-order valence-corrected chi connectivity index (χ4v) is 10.4. The number of anilines is 6. The van der Waals surface area contributed by atoms with Crippen LogP contribution in [-0.2, 0) is 0 Å². The Labute approximate surface area is 331 Å². The summed E-state index contributed by atoms with van der Waals surface area (Å²) in [5, 5.41) is 16.3. The van der Waals surface area contributed by atoms with Gasteiger partial charge in [-0.15, -0.1) is 0 Å². The first-order valence-electron chi connectivity index (χ1n) is 19.6. The number of benzene rings is 8. The minimum Gasteiger partial charge on any atom is -0.468 e. The number of fused-ring (bicyclic) bond motifs is 14. The molecule has 0 fully saturated rings. The molecular weight excluding hydrogens is 711 g/mol. The topological polar surface area (TPSA) is 61.5 Å². The SMILES string of the molecule is N#Cc1cc2c3c(c1)N1c4c(cccc4-n4c5ccccc5c5cccc1c54)B3c1oc3ccc(-c4ccccc4)cc3c1N2c1ccc2oc3ccccc3c2c1. The molecule has 58 heavy (non-hydrogen) atoms. The van der Waals surface area contributed by atoms with Gasteiger partial charge >= 0.3 is 0 Å².